The smallest absolute Gasteiger partial charge is 0.165 e. The lowest BCUT2D eigenvalue weighted by atomic mass is 9.96. The number of hydrogen-bond donors (Lipinski definition) is 0. The Bertz CT molecular complexity index is 482. The molecule has 1 atom stereocenters. The lowest BCUT2D eigenvalue weighted by Crippen LogP contribution is -2.08. The van der Waals surface area contributed by atoms with Crippen molar-refractivity contribution in [2.45, 2.75) is 58.5 Å². The van der Waals surface area contributed by atoms with E-state index in [-0.39, 0.29) is 11.9 Å². The quantitative estimate of drug-likeness (QED) is 0.614. The Hall–Kier alpha value is -1.51. The van der Waals surface area contributed by atoms with Crippen LogP contribution in [0.25, 0.3) is 0 Å². The molecule has 1 heterocycles. The molecule has 0 saturated carbocycles. The number of ether oxygens (including phenoxy) is 2. The normalized spacial score (nSPS) is 18.0. The molecule has 2 nitrogen and oxygen atoms in total. The topological polar surface area (TPSA) is 18.5 Å². The first kappa shape index (κ1) is 15.9. The van der Waals surface area contributed by atoms with Gasteiger partial charge in [-0.15, -0.1) is 0 Å². The third-order valence-corrected chi connectivity index (χ3v) is 3.86. The largest absolute Gasteiger partial charge is 0.493 e. The molecule has 0 N–H and O–H groups in total. The van der Waals surface area contributed by atoms with Crippen LogP contribution in [0.2, 0.25) is 0 Å². The highest BCUT2D eigenvalue weighted by Gasteiger charge is 2.19. The second kappa shape index (κ2) is 8.06. The molecule has 0 saturated heterocycles. The number of rotatable bonds is 7. The van der Waals surface area contributed by atoms with Crippen LogP contribution in [0.15, 0.2) is 30.0 Å². The van der Waals surface area contributed by atoms with Gasteiger partial charge in [0.05, 0.1) is 12.9 Å². The van der Waals surface area contributed by atoms with Crippen LogP contribution < -0.4 is 4.74 Å². The molecule has 0 bridgehead atoms. The van der Waals surface area contributed by atoms with Gasteiger partial charge in [-0.2, -0.15) is 0 Å². The summed E-state index contributed by atoms with van der Waals surface area (Å²) in [6, 6.07) is 5.12. The summed E-state index contributed by atoms with van der Waals surface area (Å²) in [7, 11) is 0. The summed E-state index contributed by atoms with van der Waals surface area (Å²) in [5.41, 5.74) is 2.27. The highest BCUT2D eigenvalue weighted by Crippen LogP contribution is 2.33. The average Bonchev–Trinajstić information content (AvgIpc) is 2.50. The molecule has 116 valence electrons. The molecule has 1 unspecified atom stereocenters. The molecule has 0 spiro atoms. The Balaban J connectivity index is 1.94. The number of hydrogen-bond acceptors (Lipinski definition) is 2. The summed E-state index contributed by atoms with van der Waals surface area (Å²) < 4.78 is 24.9. The second-order valence-electron chi connectivity index (χ2n) is 5.52. The summed E-state index contributed by atoms with van der Waals surface area (Å²) in [5, 5.41) is 0. The van der Waals surface area contributed by atoms with E-state index in [4.69, 9.17) is 9.47 Å². The van der Waals surface area contributed by atoms with Crippen LogP contribution in [0.4, 0.5) is 4.39 Å². The standard InChI is InChI=1S/C18H25FO2/c1-3-5-6-7-14-8-10-17(21-13-14)15-9-11-18(20-4-2)16(19)12-15/h9,11-13,17H,3-8,10H2,1-2H3. The Labute approximate surface area is 127 Å². The zero-order chi connectivity index (χ0) is 15.1. The maximum Gasteiger partial charge on any atom is 0.165 e. The van der Waals surface area contributed by atoms with Crippen molar-refractivity contribution in [3.63, 3.8) is 0 Å². The molecule has 1 aliphatic heterocycles. The highest BCUT2D eigenvalue weighted by atomic mass is 19.1. The molecule has 0 radical (unpaired) electrons. The van der Waals surface area contributed by atoms with Gasteiger partial charge in [0.2, 0.25) is 0 Å². The van der Waals surface area contributed by atoms with Crippen molar-refractivity contribution >= 4 is 0 Å². The molecule has 2 rings (SSSR count). The fourth-order valence-corrected chi connectivity index (χ4v) is 2.64. The summed E-state index contributed by atoms with van der Waals surface area (Å²) >= 11 is 0. The Morgan fingerprint density at radius 2 is 2.14 bits per heavy atom. The molecule has 1 aliphatic rings. The van der Waals surface area contributed by atoms with Crippen molar-refractivity contribution in [3.8, 4) is 5.75 Å². The van der Waals surface area contributed by atoms with Gasteiger partial charge in [-0.3, -0.25) is 0 Å². The van der Waals surface area contributed by atoms with Crippen molar-refractivity contribution in [2.24, 2.45) is 0 Å². The molecule has 0 aliphatic carbocycles. The predicted octanol–water partition coefficient (Wildman–Crippen LogP) is 5.54. The highest BCUT2D eigenvalue weighted by molar-refractivity contribution is 5.31. The van der Waals surface area contributed by atoms with Crippen LogP contribution in [-0.2, 0) is 4.74 Å². The first-order chi connectivity index (χ1) is 10.2. The average molecular weight is 292 g/mol. The van der Waals surface area contributed by atoms with Crippen molar-refractivity contribution < 1.29 is 13.9 Å². The SMILES string of the molecule is CCCCCC1=COC(c2ccc(OCC)c(F)c2)CC1. The number of unbranched alkanes of at least 4 members (excludes halogenated alkanes) is 2. The number of benzene rings is 1. The lowest BCUT2D eigenvalue weighted by Gasteiger charge is -2.24. The molecule has 1 aromatic carbocycles. The van der Waals surface area contributed by atoms with Crippen LogP contribution >= 0.6 is 0 Å². The summed E-state index contributed by atoms with van der Waals surface area (Å²) in [6.07, 6.45) is 8.68. The second-order valence-corrected chi connectivity index (χ2v) is 5.52. The van der Waals surface area contributed by atoms with Gasteiger partial charge in [0, 0.05) is 0 Å². The van der Waals surface area contributed by atoms with Crippen LogP contribution in [-0.4, -0.2) is 6.61 Å². The minimum absolute atomic E-state index is 0.0369. The van der Waals surface area contributed by atoms with Crippen molar-refractivity contribution in [1.29, 1.82) is 0 Å². The molecule has 3 heteroatoms. The summed E-state index contributed by atoms with van der Waals surface area (Å²) in [4.78, 5) is 0. The minimum Gasteiger partial charge on any atom is -0.493 e. The first-order valence-corrected chi connectivity index (χ1v) is 8.00. The molecular weight excluding hydrogens is 267 g/mol. The van der Waals surface area contributed by atoms with Crippen molar-refractivity contribution in [3.05, 3.63) is 41.4 Å². The molecular formula is C18H25FO2. The molecule has 21 heavy (non-hydrogen) atoms. The fourth-order valence-electron chi connectivity index (χ4n) is 2.64. The van der Waals surface area contributed by atoms with Gasteiger partial charge in [-0.05, 0) is 55.9 Å². The van der Waals surface area contributed by atoms with Gasteiger partial charge >= 0.3 is 0 Å². The van der Waals surface area contributed by atoms with E-state index in [0.29, 0.717) is 12.4 Å². The maximum atomic E-state index is 13.9. The van der Waals surface area contributed by atoms with Crippen molar-refractivity contribution in [2.75, 3.05) is 6.61 Å². The number of halogens is 1. The van der Waals surface area contributed by atoms with E-state index in [0.717, 1.165) is 24.8 Å². The first-order valence-electron chi connectivity index (χ1n) is 8.00. The van der Waals surface area contributed by atoms with E-state index in [2.05, 4.69) is 6.92 Å². The van der Waals surface area contributed by atoms with E-state index in [1.54, 1.807) is 6.07 Å². The van der Waals surface area contributed by atoms with Crippen LogP contribution in [0.1, 0.15) is 64.0 Å². The third kappa shape index (κ3) is 4.48. The lowest BCUT2D eigenvalue weighted by molar-refractivity contribution is 0.118. The molecule has 0 aromatic heterocycles. The van der Waals surface area contributed by atoms with E-state index >= 15 is 0 Å². The maximum absolute atomic E-state index is 13.9. The monoisotopic (exact) mass is 292 g/mol. The van der Waals surface area contributed by atoms with Gasteiger partial charge in [-0.1, -0.05) is 25.8 Å². The van der Waals surface area contributed by atoms with Gasteiger partial charge in [0.25, 0.3) is 0 Å². The summed E-state index contributed by atoms with van der Waals surface area (Å²) in [6.45, 7) is 4.53. The van der Waals surface area contributed by atoms with Crippen LogP contribution in [0.3, 0.4) is 0 Å². The van der Waals surface area contributed by atoms with Crippen LogP contribution in [0.5, 0.6) is 5.75 Å². The van der Waals surface area contributed by atoms with E-state index in [1.807, 2.05) is 19.3 Å². The minimum atomic E-state index is -0.310. The van der Waals surface area contributed by atoms with Crippen LogP contribution in [0, 0.1) is 5.82 Å². The molecule has 0 fully saturated rings. The molecule has 0 amide bonds. The van der Waals surface area contributed by atoms with E-state index < -0.39 is 0 Å². The van der Waals surface area contributed by atoms with Gasteiger partial charge < -0.3 is 9.47 Å². The fraction of sp³-hybridized carbons (Fsp3) is 0.556. The third-order valence-electron chi connectivity index (χ3n) is 3.86. The molecule has 1 aromatic rings. The Kier molecular flexibility index (Phi) is 6.09. The Morgan fingerprint density at radius 1 is 1.29 bits per heavy atom. The zero-order valence-corrected chi connectivity index (χ0v) is 13.0. The van der Waals surface area contributed by atoms with Gasteiger partial charge in [0.15, 0.2) is 11.6 Å². The summed E-state index contributed by atoms with van der Waals surface area (Å²) in [5.74, 6) is 0.00327. The van der Waals surface area contributed by atoms with E-state index in [9.17, 15) is 4.39 Å². The van der Waals surface area contributed by atoms with Crippen molar-refractivity contribution in [1.82, 2.24) is 0 Å². The van der Waals surface area contributed by atoms with E-state index in [1.165, 1.54) is 30.9 Å². The Morgan fingerprint density at radius 3 is 2.76 bits per heavy atom. The van der Waals surface area contributed by atoms with Gasteiger partial charge in [-0.25, -0.2) is 4.39 Å². The zero-order valence-electron chi connectivity index (χ0n) is 13.0. The van der Waals surface area contributed by atoms with Gasteiger partial charge in [0.1, 0.15) is 6.10 Å². The predicted molar refractivity (Wildman–Crippen MR) is 82.9 cm³/mol. The number of allylic oxidation sites excluding steroid dienone is 1.